The minimum absolute atomic E-state index is 0.0118. The Morgan fingerprint density at radius 1 is 1.19 bits per heavy atom. The lowest BCUT2D eigenvalue weighted by molar-refractivity contribution is -0.135. The van der Waals surface area contributed by atoms with Gasteiger partial charge in [0.15, 0.2) is 11.5 Å². The largest absolute Gasteiger partial charge is 0.389 e. The van der Waals surface area contributed by atoms with Crippen molar-refractivity contribution in [1.29, 1.82) is 0 Å². The summed E-state index contributed by atoms with van der Waals surface area (Å²) in [6.45, 7) is 1.80. The summed E-state index contributed by atoms with van der Waals surface area (Å²) >= 11 is 0. The predicted molar refractivity (Wildman–Crippen MR) is 126 cm³/mol. The summed E-state index contributed by atoms with van der Waals surface area (Å²) in [5, 5.41) is 2.87. The molecule has 2 aliphatic rings. The van der Waals surface area contributed by atoms with Gasteiger partial charge in [-0.2, -0.15) is 13.2 Å². The molecule has 3 N–H and O–H groups in total. The maximum absolute atomic E-state index is 13.5. The average molecular weight is 509 g/mol. The van der Waals surface area contributed by atoms with E-state index in [0.29, 0.717) is 34.0 Å². The number of fused-ring (bicyclic) bond motifs is 2. The second-order valence-electron chi connectivity index (χ2n) is 9.44. The van der Waals surface area contributed by atoms with Gasteiger partial charge in [0.25, 0.3) is 0 Å². The molecule has 0 radical (unpaired) electrons. The molecule has 1 saturated carbocycles. The van der Waals surface area contributed by atoms with Crippen molar-refractivity contribution < 1.29 is 18.0 Å². The maximum atomic E-state index is 13.5. The fourth-order valence-electron chi connectivity index (χ4n) is 5.13. The van der Waals surface area contributed by atoms with Crippen molar-refractivity contribution in [3.05, 3.63) is 53.6 Å². The first-order valence-corrected chi connectivity index (χ1v) is 11.8. The first-order valence-electron chi connectivity index (χ1n) is 11.8. The van der Waals surface area contributed by atoms with Crippen molar-refractivity contribution in [2.75, 3.05) is 11.1 Å². The number of nitrogens with one attached hydrogen (secondary N) is 1. The molecular formula is C24H22F3N9O. The second kappa shape index (κ2) is 8.18. The van der Waals surface area contributed by atoms with Crippen LogP contribution in [0.15, 0.2) is 31.0 Å². The first-order chi connectivity index (χ1) is 17.7. The SMILES string of the molecule is Cc1cncc(C2(C3CC3)C(=O)Nc3nc(-c4cn5ccnc5c(CCCC(F)(F)F)n4)nc(N)c32)n1. The molecular weight excluding hydrogens is 487 g/mol. The van der Waals surface area contributed by atoms with Crippen LogP contribution in [0.3, 0.4) is 0 Å². The molecule has 0 saturated heterocycles. The zero-order valence-electron chi connectivity index (χ0n) is 19.7. The van der Waals surface area contributed by atoms with E-state index in [1.165, 1.54) is 0 Å². The van der Waals surface area contributed by atoms with E-state index in [1.54, 1.807) is 42.3 Å². The fraction of sp³-hybridized carbons (Fsp3) is 0.375. The van der Waals surface area contributed by atoms with Gasteiger partial charge in [0.1, 0.15) is 22.7 Å². The van der Waals surface area contributed by atoms with Crippen LogP contribution >= 0.6 is 0 Å². The third-order valence-corrected chi connectivity index (χ3v) is 6.82. The molecule has 1 amide bonds. The predicted octanol–water partition coefficient (Wildman–Crippen LogP) is 3.40. The van der Waals surface area contributed by atoms with Crippen LogP contribution in [0.4, 0.5) is 24.8 Å². The molecule has 0 bridgehead atoms. The number of hydrogen-bond acceptors (Lipinski definition) is 8. The number of amides is 1. The number of nitrogen functional groups attached to an aromatic ring is 1. The molecule has 10 nitrogen and oxygen atoms in total. The summed E-state index contributed by atoms with van der Waals surface area (Å²) in [6.07, 6.45) is 4.44. The highest BCUT2D eigenvalue weighted by Gasteiger charge is 2.60. The third kappa shape index (κ3) is 3.85. The first kappa shape index (κ1) is 23.3. The summed E-state index contributed by atoms with van der Waals surface area (Å²) in [5.41, 5.74) is 8.14. The average Bonchev–Trinajstić information content (AvgIpc) is 3.48. The minimum atomic E-state index is -4.26. The van der Waals surface area contributed by atoms with Gasteiger partial charge in [-0.25, -0.2) is 19.9 Å². The van der Waals surface area contributed by atoms with Gasteiger partial charge in [0, 0.05) is 37.4 Å². The molecule has 1 aliphatic carbocycles. The van der Waals surface area contributed by atoms with Crippen LogP contribution < -0.4 is 11.1 Å². The normalized spacial score (nSPS) is 19.3. The highest BCUT2D eigenvalue weighted by Crippen LogP contribution is 2.57. The fourth-order valence-corrected chi connectivity index (χ4v) is 5.13. The standard InChI is InChI=1S/C24H22F3N9O/c1-12-9-29-10-16(31-12)24(13-4-5-13)17-18(28)33-19(34-20(17)35-22(24)37)15-11-36-8-7-30-21(36)14(32-15)3-2-6-23(25,26)27/h7-11,13H,2-6H2,1H3,(H3,28,33,34,35,37). The Morgan fingerprint density at radius 2 is 2.00 bits per heavy atom. The van der Waals surface area contributed by atoms with Crippen LogP contribution in [-0.4, -0.2) is 46.4 Å². The van der Waals surface area contributed by atoms with Crippen molar-refractivity contribution in [3.63, 3.8) is 0 Å². The van der Waals surface area contributed by atoms with Crippen molar-refractivity contribution in [2.24, 2.45) is 5.92 Å². The van der Waals surface area contributed by atoms with Crippen LogP contribution in [0.5, 0.6) is 0 Å². The van der Waals surface area contributed by atoms with Gasteiger partial charge in [-0.1, -0.05) is 0 Å². The van der Waals surface area contributed by atoms with Gasteiger partial charge >= 0.3 is 6.18 Å². The monoisotopic (exact) mass is 509 g/mol. The molecule has 0 aromatic carbocycles. The number of nitrogens with zero attached hydrogens (tertiary/aromatic N) is 7. The molecule has 1 atom stereocenters. The van der Waals surface area contributed by atoms with Gasteiger partial charge in [0.05, 0.1) is 22.6 Å². The van der Waals surface area contributed by atoms with E-state index in [2.05, 4.69) is 35.2 Å². The number of carbonyl (C=O) groups excluding carboxylic acids is 1. The number of aromatic nitrogens is 7. The Labute approximate surface area is 208 Å². The van der Waals surface area contributed by atoms with Gasteiger partial charge in [0.2, 0.25) is 5.91 Å². The van der Waals surface area contributed by atoms with E-state index in [4.69, 9.17) is 5.73 Å². The molecule has 190 valence electrons. The van der Waals surface area contributed by atoms with Gasteiger partial charge in [-0.3, -0.25) is 14.8 Å². The maximum Gasteiger partial charge on any atom is 0.389 e. The van der Waals surface area contributed by atoms with Crippen molar-refractivity contribution in [3.8, 4) is 11.5 Å². The quantitative estimate of drug-likeness (QED) is 0.404. The molecule has 1 fully saturated rings. The molecule has 4 aromatic rings. The number of imidazole rings is 1. The lowest BCUT2D eigenvalue weighted by atomic mass is 9.74. The number of rotatable bonds is 6. The Hall–Kier alpha value is -4.16. The summed E-state index contributed by atoms with van der Waals surface area (Å²) in [7, 11) is 0. The summed E-state index contributed by atoms with van der Waals surface area (Å²) in [5.74, 6) is 0.232. The molecule has 6 rings (SSSR count). The summed E-state index contributed by atoms with van der Waals surface area (Å²) < 4.78 is 39.8. The highest BCUT2D eigenvalue weighted by atomic mass is 19.4. The molecule has 4 aromatic heterocycles. The topological polar surface area (TPSA) is 137 Å². The van der Waals surface area contributed by atoms with E-state index in [-0.39, 0.29) is 42.1 Å². The summed E-state index contributed by atoms with van der Waals surface area (Å²) in [4.78, 5) is 40.2. The van der Waals surface area contributed by atoms with E-state index in [1.807, 2.05) is 0 Å². The van der Waals surface area contributed by atoms with Crippen molar-refractivity contribution in [1.82, 2.24) is 34.3 Å². The van der Waals surface area contributed by atoms with Crippen LogP contribution in [0.1, 0.15) is 48.3 Å². The van der Waals surface area contributed by atoms with Crippen molar-refractivity contribution >= 4 is 23.2 Å². The zero-order valence-corrected chi connectivity index (χ0v) is 19.7. The number of halogens is 3. The minimum Gasteiger partial charge on any atom is -0.383 e. The summed E-state index contributed by atoms with van der Waals surface area (Å²) in [6, 6.07) is 0. The Kier molecular flexibility index (Phi) is 5.14. The number of nitrogens with two attached hydrogens (primary N) is 1. The van der Waals surface area contributed by atoms with E-state index in [0.717, 1.165) is 12.8 Å². The van der Waals surface area contributed by atoms with Crippen LogP contribution in [0.25, 0.3) is 17.2 Å². The lowest BCUT2D eigenvalue weighted by Crippen LogP contribution is -2.39. The van der Waals surface area contributed by atoms with Crippen LogP contribution in [-0.2, 0) is 16.6 Å². The Bertz CT molecular complexity index is 1550. The molecule has 5 heterocycles. The molecule has 13 heteroatoms. The molecule has 0 spiro atoms. The van der Waals surface area contributed by atoms with E-state index in [9.17, 15) is 18.0 Å². The number of alkyl halides is 3. The third-order valence-electron chi connectivity index (χ3n) is 6.82. The van der Waals surface area contributed by atoms with Gasteiger partial charge in [-0.15, -0.1) is 0 Å². The Balaban J connectivity index is 1.44. The molecule has 1 aliphatic heterocycles. The number of carbonyl (C=O) groups is 1. The van der Waals surface area contributed by atoms with Gasteiger partial charge in [-0.05, 0) is 38.5 Å². The zero-order chi connectivity index (χ0) is 25.9. The smallest absolute Gasteiger partial charge is 0.383 e. The highest BCUT2D eigenvalue weighted by molar-refractivity contribution is 6.09. The second-order valence-corrected chi connectivity index (χ2v) is 9.44. The number of hydrogen-bond donors (Lipinski definition) is 2. The van der Waals surface area contributed by atoms with E-state index >= 15 is 0 Å². The number of anilines is 2. The van der Waals surface area contributed by atoms with Crippen LogP contribution in [0.2, 0.25) is 0 Å². The van der Waals surface area contributed by atoms with Crippen molar-refractivity contribution in [2.45, 2.75) is 50.6 Å². The Morgan fingerprint density at radius 3 is 2.73 bits per heavy atom. The van der Waals surface area contributed by atoms with Crippen LogP contribution in [0, 0.1) is 12.8 Å². The van der Waals surface area contributed by atoms with E-state index < -0.39 is 18.0 Å². The molecule has 37 heavy (non-hydrogen) atoms. The molecule has 1 unspecified atom stereocenters. The van der Waals surface area contributed by atoms with Gasteiger partial charge < -0.3 is 15.5 Å². The lowest BCUT2D eigenvalue weighted by Gasteiger charge is -2.27. The number of aryl methyl sites for hydroxylation is 2.